The third kappa shape index (κ3) is 4.68. The van der Waals surface area contributed by atoms with Crippen molar-refractivity contribution in [3.8, 4) is 0 Å². The molecule has 2 saturated heterocycles. The Balaban J connectivity index is 0.00000208. The van der Waals surface area contributed by atoms with Crippen molar-refractivity contribution in [2.75, 3.05) is 26.2 Å². The Labute approximate surface area is 149 Å². The zero-order valence-electron chi connectivity index (χ0n) is 14.0. The summed E-state index contributed by atoms with van der Waals surface area (Å²) in [5.41, 5.74) is 1.05. The van der Waals surface area contributed by atoms with E-state index in [4.69, 9.17) is 4.74 Å². The number of benzene rings is 1. The van der Waals surface area contributed by atoms with Crippen molar-refractivity contribution in [1.82, 2.24) is 10.2 Å². The monoisotopic (exact) mass is 356 g/mol. The third-order valence-electron chi connectivity index (χ3n) is 4.92. The molecule has 2 fully saturated rings. The van der Waals surface area contributed by atoms with Crippen molar-refractivity contribution in [2.24, 2.45) is 5.92 Å². The van der Waals surface area contributed by atoms with Gasteiger partial charge in [0.05, 0.1) is 12.7 Å². The molecule has 2 atom stereocenters. The van der Waals surface area contributed by atoms with Crippen LogP contribution in [0.4, 0.5) is 4.39 Å². The van der Waals surface area contributed by atoms with E-state index >= 15 is 0 Å². The Bertz CT molecular complexity index is 550. The highest BCUT2D eigenvalue weighted by atomic mass is 35.5. The van der Waals surface area contributed by atoms with E-state index in [1.165, 1.54) is 6.07 Å². The van der Waals surface area contributed by atoms with E-state index < -0.39 is 0 Å². The molecule has 2 heterocycles. The van der Waals surface area contributed by atoms with E-state index in [-0.39, 0.29) is 36.3 Å². The summed E-state index contributed by atoms with van der Waals surface area (Å²) in [4.78, 5) is 14.6. The molecule has 0 saturated carbocycles. The fraction of sp³-hybridized carbons (Fsp3) is 0.611. The SMILES string of the molecule is C[C@H]1OCCN[C@@H]1C(=O)N1CCC(Cc2cccc(F)c2)CC1.Cl. The molecule has 0 aliphatic carbocycles. The highest BCUT2D eigenvalue weighted by Gasteiger charge is 2.33. The summed E-state index contributed by atoms with van der Waals surface area (Å²) in [6.45, 7) is 4.91. The molecule has 2 aliphatic rings. The predicted octanol–water partition coefficient (Wildman–Crippen LogP) is 2.41. The number of nitrogens with zero attached hydrogens (tertiary/aromatic N) is 1. The lowest BCUT2D eigenvalue weighted by Crippen LogP contribution is -2.57. The van der Waals surface area contributed by atoms with Crippen LogP contribution in [-0.2, 0) is 16.0 Å². The molecule has 2 aliphatic heterocycles. The van der Waals surface area contributed by atoms with Crippen LogP contribution in [0.1, 0.15) is 25.3 Å². The minimum Gasteiger partial charge on any atom is -0.375 e. The molecule has 4 nitrogen and oxygen atoms in total. The maximum Gasteiger partial charge on any atom is 0.242 e. The summed E-state index contributed by atoms with van der Waals surface area (Å²) >= 11 is 0. The molecule has 6 heteroatoms. The predicted molar refractivity (Wildman–Crippen MR) is 93.9 cm³/mol. The van der Waals surface area contributed by atoms with Gasteiger partial charge in [-0.1, -0.05) is 12.1 Å². The Morgan fingerprint density at radius 2 is 2.12 bits per heavy atom. The fourth-order valence-corrected chi connectivity index (χ4v) is 3.56. The molecule has 24 heavy (non-hydrogen) atoms. The lowest BCUT2D eigenvalue weighted by atomic mass is 9.89. The van der Waals surface area contributed by atoms with Crippen LogP contribution in [-0.4, -0.2) is 49.2 Å². The van der Waals surface area contributed by atoms with Gasteiger partial charge < -0.3 is 15.0 Å². The van der Waals surface area contributed by atoms with E-state index in [1.54, 1.807) is 12.1 Å². The molecule has 1 aromatic rings. The van der Waals surface area contributed by atoms with Crippen LogP contribution < -0.4 is 5.32 Å². The maximum atomic E-state index is 13.3. The van der Waals surface area contributed by atoms with Gasteiger partial charge >= 0.3 is 0 Å². The zero-order chi connectivity index (χ0) is 16.2. The maximum absolute atomic E-state index is 13.3. The van der Waals surface area contributed by atoms with Crippen LogP contribution in [0.25, 0.3) is 0 Å². The smallest absolute Gasteiger partial charge is 0.242 e. The lowest BCUT2D eigenvalue weighted by molar-refractivity contribution is -0.140. The number of morpholine rings is 1. The normalized spacial score (nSPS) is 25.2. The van der Waals surface area contributed by atoms with Gasteiger partial charge in [-0.3, -0.25) is 4.79 Å². The van der Waals surface area contributed by atoms with Crippen molar-refractivity contribution in [2.45, 2.75) is 38.3 Å². The molecular formula is C18H26ClFN2O2. The first-order valence-electron chi connectivity index (χ1n) is 8.51. The number of hydrogen-bond acceptors (Lipinski definition) is 3. The van der Waals surface area contributed by atoms with E-state index in [0.717, 1.165) is 44.5 Å². The zero-order valence-corrected chi connectivity index (χ0v) is 14.9. The van der Waals surface area contributed by atoms with Gasteiger partial charge in [0.1, 0.15) is 11.9 Å². The quantitative estimate of drug-likeness (QED) is 0.904. The minimum atomic E-state index is -0.219. The third-order valence-corrected chi connectivity index (χ3v) is 4.92. The largest absolute Gasteiger partial charge is 0.375 e. The summed E-state index contributed by atoms with van der Waals surface area (Å²) < 4.78 is 18.8. The topological polar surface area (TPSA) is 41.6 Å². The number of rotatable bonds is 3. The first-order chi connectivity index (χ1) is 11.1. The second kappa shape index (κ2) is 8.79. The second-order valence-electron chi connectivity index (χ2n) is 6.61. The summed E-state index contributed by atoms with van der Waals surface area (Å²) in [7, 11) is 0. The van der Waals surface area contributed by atoms with Gasteiger partial charge in [0, 0.05) is 19.6 Å². The molecule has 1 amide bonds. The molecule has 0 radical (unpaired) electrons. The van der Waals surface area contributed by atoms with Crippen LogP contribution in [0.15, 0.2) is 24.3 Å². The fourth-order valence-electron chi connectivity index (χ4n) is 3.56. The Hall–Kier alpha value is -1.17. The number of likely N-dealkylation sites (tertiary alicyclic amines) is 1. The van der Waals surface area contributed by atoms with Gasteiger partial charge in [0.25, 0.3) is 0 Å². The van der Waals surface area contributed by atoms with Crippen LogP contribution in [0.2, 0.25) is 0 Å². The first kappa shape index (κ1) is 19.2. The van der Waals surface area contributed by atoms with Gasteiger partial charge in [0.2, 0.25) is 5.91 Å². The first-order valence-corrected chi connectivity index (χ1v) is 8.51. The van der Waals surface area contributed by atoms with E-state index in [0.29, 0.717) is 12.5 Å². The van der Waals surface area contributed by atoms with Crippen molar-refractivity contribution in [3.63, 3.8) is 0 Å². The number of nitrogens with one attached hydrogen (secondary N) is 1. The number of hydrogen-bond donors (Lipinski definition) is 1. The molecule has 0 unspecified atom stereocenters. The number of carbonyl (C=O) groups excluding carboxylic acids is 1. The summed E-state index contributed by atoms with van der Waals surface area (Å²) in [5.74, 6) is 0.503. The number of carbonyl (C=O) groups is 1. The second-order valence-corrected chi connectivity index (χ2v) is 6.61. The minimum absolute atomic E-state index is 0. The number of halogens is 2. The van der Waals surface area contributed by atoms with Gasteiger partial charge in [-0.25, -0.2) is 4.39 Å². The van der Waals surface area contributed by atoms with E-state index in [9.17, 15) is 9.18 Å². The van der Waals surface area contributed by atoms with Gasteiger partial charge in [-0.15, -0.1) is 12.4 Å². The number of amides is 1. The van der Waals surface area contributed by atoms with Crippen LogP contribution in [0.5, 0.6) is 0 Å². The van der Waals surface area contributed by atoms with Gasteiger partial charge in [0.15, 0.2) is 0 Å². The molecule has 0 aromatic heterocycles. The van der Waals surface area contributed by atoms with Crippen LogP contribution in [0, 0.1) is 11.7 Å². The highest BCUT2D eigenvalue weighted by Crippen LogP contribution is 2.23. The molecule has 1 aromatic carbocycles. The molecule has 0 bridgehead atoms. The van der Waals surface area contributed by atoms with Crippen LogP contribution >= 0.6 is 12.4 Å². The van der Waals surface area contributed by atoms with Crippen molar-refractivity contribution in [3.05, 3.63) is 35.6 Å². The summed E-state index contributed by atoms with van der Waals surface area (Å²) in [6, 6.07) is 6.61. The molecular weight excluding hydrogens is 331 g/mol. The number of ether oxygens (including phenoxy) is 1. The average Bonchev–Trinajstić information content (AvgIpc) is 2.55. The standard InChI is InChI=1S/C18H25FN2O2.ClH/c1-13-17(20-7-10-23-13)18(22)21-8-5-14(6-9-21)11-15-3-2-4-16(19)12-15;/h2-4,12-14,17,20H,5-11H2,1H3;1H/t13-,17+;/m1./s1. The van der Waals surface area contributed by atoms with Crippen molar-refractivity contribution >= 4 is 18.3 Å². The molecule has 0 spiro atoms. The Morgan fingerprint density at radius 1 is 1.38 bits per heavy atom. The summed E-state index contributed by atoms with van der Waals surface area (Å²) in [5, 5.41) is 3.27. The average molecular weight is 357 g/mol. The van der Waals surface area contributed by atoms with E-state index in [2.05, 4.69) is 5.32 Å². The van der Waals surface area contributed by atoms with Crippen molar-refractivity contribution in [1.29, 1.82) is 0 Å². The molecule has 3 rings (SSSR count). The molecule has 1 N–H and O–H groups in total. The van der Waals surface area contributed by atoms with Gasteiger partial charge in [-0.05, 0) is 49.8 Å². The van der Waals surface area contributed by atoms with Crippen molar-refractivity contribution < 1.29 is 13.9 Å². The van der Waals surface area contributed by atoms with Gasteiger partial charge in [-0.2, -0.15) is 0 Å². The Kier molecular flexibility index (Phi) is 7.02. The lowest BCUT2D eigenvalue weighted by Gasteiger charge is -2.37. The van der Waals surface area contributed by atoms with E-state index in [1.807, 2.05) is 17.9 Å². The van der Waals surface area contributed by atoms with Crippen LogP contribution in [0.3, 0.4) is 0 Å². The molecule has 134 valence electrons. The summed E-state index contributed by atoms with van der Waals surface area (Å²) in [6.07, 6.45) is 2.77. The Morgan fingerprint density at radius 3 is 2.79 bits per heavy atom. The number of piperidine rings is 1. The highest BCUT2D eigenvalue weighted by molar-refractivity contribution is 5.85.